The lowest BCUT2D eigenvalue weighted by Gasteiger charge is -2.03. The van der Waals surface area contributed by atoms with E-state index in [4.69, 9.17) is 17.3 Å². The quantitative estimate of drug-likeness (QED) is 0.755. The van der Waals surface area contributed by atoms with Gasteiger partial charge in [-0.3, -0.25) is 4.98 Å². The van der Waals surface area contributed by atoms with Crippen LogP contribution in [0.15, 0.2) is 12.3 Å². The second kappa shape index (κ2) is 5.20. The molecule has 0 spiro atoms. The maximum atomic E-state index is 6.01. The smallest absolute Gasteiger partial charge is 0.0624 e. The Morgan fingerprint density at radius 2 is 2.23 bits per heavy atom. The molecule has 1 heterocycles. The van der Waals surface area contributed by atoms with Gasteiger partial charge in [0.25, 0.3) is 0 Å². The number of nitrogens with two attached hydrogens (primary N) is 1. The Morgan fingerprint density at radius 1 is 1.46 bits per heavy atom. The van der Waals surface area contributed by atoms with E-state index in [1.165, 1.54) is 0 Å². The van der Waals surface area contributed by atoms with Crippen molar-refractivity contribution < 1.29 is 0 Å². The van der Waals surface area contributed by atoms with Gasteiger partial charge in [-0.2, -0.15) is 0 Å². The van der Waals surface area contributed by atoms with Gasteiger partial charge in [-0.15, -0.1) is 0 Å². The fraction of sp³-hybridized carbons (Fsp3) is 0.500. The van der Waals surface area contributed by atoms with Crippen molar-refractivity contribution >= 4 is 11.6 Å². The minimum absolute atomic E-state index is 0.740. The van der Waals surface area contributed by atoms with Crippen LogP contribution < -0.4 is 5.73 Å². The number of rotatable bonds is 4. The Labute approximate surface area is 84.1 Å². The van der Waals surface area contributed by atoms with Crippen LogP contribution in [0.4, 0.5) is 0 Å². The zero-order valence-electron chi connectivity index (χ0n) is 7.89. The van der Waals surface area contributed by atoms with Crippen LogP contribution in [-0.4, -0.2) is 11.5 Å². The Morgan fingerprint density at radius 3 is 2.85 bits per heavy atom. The molecule has 2 nitrogen and oxygen atoms in total. The summed E-state index contributed by atoms with van der Waals surface area (Å²) >= 11 is 6.01. The molecule has 0 bridgehead atoms. The van der Waals surface area contributed by atoms with Crippen LogP contribution in [0, 0.1) is 6.92 Å². The van der Waals surface area contributed by atoms with E-state index < -0.39 is 0 Å². The minimum atomic E-state index is 0.740. The first kappa shape index (κ1) is 10.5. The first-order chi connectivity index (χ1) is 6.24. The number of aryl methyl sites for hydroxylation is 2. The predicted molar refractivity (Wildman–Crippen MR) is 56.0 cm³/mol. The van der Waals surface area contributed by atoms with Gasteiger partial charge in [0.2, 0.25) is 0 Å². The van der Waals surface area contributed by atoms with Crippen molar-refractivity contribution in [3.8, 4) is 0 Å². The van der Waals surface area contributed by atoms with E-state index in [9.17, 15) is 0 Å². The molecule has 1 aromatic rings. The van der Waals surface area contributed by atoms with Crippen molar-refractivity contribution in [1.82, 2.24) is 4.98 Å². The van der Waals surface area contributed by atoms with E-state index in [2.05, 4.69) is 4.98 Å². The van der Waals surface area contributed by atoms with Gasteiger partial charge in [-0.1, -0.05) is 11.6 Å². The third-order valence-electron chi connectivity index (χ3n) is 1.92. The van der Waals surface area contributed by atoms with E-state index in [0.717, 1.165) is 42.1 Å². The van der Waals surface area contributed by atoms with E-state index in [0.29, 0.717) is 0 Å². The van der Waals surface area contributed by atoms with E-state index in [1.807, 2.05) is 19.2 Å². The predicted octanol–water partition coefficient (Wildman–Crippen LogP) is 2.32. The fourth-order valence-corrected chi connectivity index (χ4v) is 1.50. The highest BCUT2D eigenvalue weighted by atomic mass is 35.5. The number of unbranched alkanes of at least 4 members (excludes halogenated alkanes) is 1. The zero-order valence-corrected chi connectivity index (χ0v) is 8.64. The third-order valence-corrected chi connectivity index (χ3v) is 2.25. The van der Waals surface area contributed by atoms with Gasteiger partial charge in [0.05, 0.1) is 10.7 Å². The van der Waals surface area contributed by atoms with Gasteiger partial charge in [0, 0.05) is 6.20 Å². The summed E-state index contributed by atoms with van der Waals surface area (Å²) in [5.74, 6) is 0. The monoisotopic (exact) mass is 198 g/mol. The average Bonchev–Trinajstić information content (AvgIpc) is 2.09. The summed E-state index contributed by atoms with van der Waals surface area (Å²) in [5.41, 5.74) is 7.49. The van der Waals surface area contributed by atoms with Gasteiger partial charge in [0.1, 0.15) is 0 Å². The number of halogens is 1. The molecule has 3 heteroatoms. The van der Waals surface area contributed by atoms with Gasteiger partial charge >= 0.3 is 0 Å². The highest BCUT2D eigenvalue weighted by molar-refractivity contribution is 6.31. The van der Waals surface area contributed by atoms with Crippen molar-refractivity contribution in [2.24, 2.45) is 5.73 Å². The van der Waals surface area contributed by atoms with Crippen molar-refractivity contribution in [3.05, 3.63) is 28.5 Å². The Kier molecular flexibility index (Phi) is 4.19. The van der Waals surface area contributed by atoms with Crippen molar-refractivity contribution in [1.29, 1.82) is 0 Å². The summed E-state index contributed by atoms with van der Waals surface area (Å²) < 4.78 is 0. The number of aromatic nitrogens is 1. The van der Waals surface area contributed by atoms with E-state index in [-0.39, 0.29) is 0 Å². The summed E-state index contributed by atoms with van der Waals surface area (Å²) in [7, 11) is 0. The molecule has 1 aromatic heterocycles. The largest absolute Gasteiger partial charge is 0.330 e. The second-order valence-corrected chi connectivity index (χ2v) is 3.59. The summed E-state index contributed by atoms with van der Waals surface area (Å²) in [6, 6.07) is 1.95. The van der Waals surface area contributed by atoms with Crippen LogP contribution in [0.1, 0.15) is 24.1 Å². The summed E-state index contributed by atoms with van der Waals surface area (Å²) in [6.45, 7) is 2.73. The number of nitrogens with zero attached hydrogens (tertiary/aromatic N) is 1. The molecule has 0 aliphatic carbocycles. The van der Waals surface area contributed by atoms with Crippen LogP contribution in [0.5, 0.6) is 0 Å². The summed E-state index contributed by atoms with van der Waals surface area (Å²) in [5, 5.41) is 0.775. The number of hydrogen-bond donors (Lipinski definition) is 1. The molecule has 0 aliphatic heterocycles. The molecular formula is C10H15ClN2. The molecule has 0 aromatic carbocycles. The van der Waals surface area contributed by atoms with Crippen LogP contribution >= 0.6 is 11.6 Å². The van der Waals surface area contributed by atoms with Crippen LogP contribution in [0.3, 0.4) is 0 Å². The van der Waals surface area contributed by atoms with Crippen molar-refractivity contribution in [2.45, 2.75) is 26.2 Å². The highest BCUT2D eigenvalue weighted by Crippen LogP contribution is 2.16. The maximum Gasteiger partial charge on any atom is 0.0624 e. The standard InChI is InChI=1S/C10H15ClN2/c1-8-6-9(11)10(13-7-8)4-2-3-5-12/h6-7H,2-5,12H2,1H3. The highest BCUT2D eigenvalue weighted by Gasteiger charge is 2.01. The van der Waals surface area contributed by atoms with E-state index in [1.54, 1.807) is 0 Å². The summed E-state index contributed by atoms with van der Waals surface area (Å²) in [6.07, 6.45) is 4.87. The van der Waals surface area contributed by atoms with Gasteiger partial charge in [-0.05, 0) is 44.4 Å². The normalized spacial score (nSPS) is 10.4. The lowest BCUT2D eigenvalue weighted by Crippen LogP contribution is -2.00. The third kappa shape index (κ3) is 3.33. The van der Waals surface area contributed by atoms with Gasteiger partial charge in [0.15, 0.2) is 0 Å². The molecule has 2 N–H and O–H groups in total. The molecule has 0 aliphatic rings. The summed E-state index contributed by atoms with van der Waals surface area (Å²) in [4.78, 5) is 4.28. The molecule has 0 unspecified atom stereocenters. The molecule has 0 radical (unpaired) electrons. The minimum Gasteiger partial charge on any atom is -0.330 e. The van der Waals surface area contributed by atoms with Crippen LogP contribution in [-0.2, 0) is 6.42 Å². The second-order valence-electron chi connectivity index (χ2n) is 3.19. The molecule has 72 valence electrons. The number of pyridine rings is 1. The molecule has 1 rings (SSSR count). The molecule has 0 saturated carbocycles. The first-order valence-corrected chi connectivity index (χ1v) is 4.93. The first-order valence-electron chi connectivity index (χ1n) is 4.55. The SMILES string of the molecule is Cc1cnc(CCCCN)c(Cl)c1. The maximum absolute atomic E-state index is 6.01. The van der Waals surface area contributed by atoms with Crippen molar-refractivity contribution in [3.63, 3.8) is 0 Å². The Balaban J connectivity index is 2.56. The molecule has 13 heavy (non-hydrogen) atoms. The molecule has 0 saturated heterocycles. The van der Waals surface area contributed by atoms with Gasteiger partial charge in [-0.25, -0.2) is 0 Å². The molecule has 0 fully saturated rings. The zero-order chi connectivity index (χ0) is 9.68. The number of hydrogen-bond acceptors (Lipinski definition) is 2. The Hall–Kier alpha value is -0.600. The van der Waals surface area contributed by atoms with Crippen LogP contribution in [0.25, 0.3) is 0 Å². The topological polar surface area (TPSA) is 38.9 Å². The lowest BCUT2D eigenvalue weighted by atomic mass is 10.1. The van der Waals surface area contributed by atoms with Crippen molar-refractivity contribution in [2.75, 3.05) is 6.54 Å². The molecule has 0 amide bonds. The molecule has 0 atom stereocenters. The van der Waals surface area contributed by atoms with Gasteiger partial charge < -0.3 is 5.73 Å². The fourth-order valence-electron chi connectivity index (χ4n) is 1.18. The lowest BCUT2D eigenvalue weighted by molar-refractivity contribution is 0.732. The molecular weight excluding hydrogens is 184 g/mol. The Bertz CT molecular complexity index is 274. The van der Waals surface area contributed by atoms with Crippen LogP contribution in [0.2, 0.25) is 5.02 Å². The van der Waals surface area contributed by atoms with E-state index >= 15 is 0 Å². The average molecular weight is 199 g/mol.